The summed E-state index contributed by atoms with van der Waals surface area (Å²) in [5.41, 5.74) is 3.31. The zero-order valence-electron chi connectivity index (χ0n) is 28.9. The zero-order chi connectivity index (χ0) is 36.1. The summed E-state index contributed by atoms with van der Waals surface area (Å²) in [4.78, 5) is 16.8. The van der Waals surface area contributed by atoms with E-state index in [2.05, 4.69) is 37.0 Å². The van der Waals surface area contributed by atoms with Crippen LogP contribution in [0, 0.1) is 5.41 Å². The van der Waals surface area contributed by atoms with Gasteiger partial charge in [-0.05, 0) is 116 Å². The quantitative estimate of drug-likeness (QED) is 0.159. The first kappa shape index (κ1) is 35.7. The number of hydrogen-bond acceptors (Lipinski definition) is 5. The van der Waals surface area contributed by atoms with Crippen LogP contribution in [0.2, 0.25) is 5.02 Å². The number of carbonyl (C=O) groups excluding carboxylic acids is 1. The summed E-state index contributed by atoms with van der Waals surface area (Å²) in [6.45, 7) is 6.31. The molecule has 2 bridgehead atoms. The van der Waals surface area contributed by atoms with Crippen LogP contribution in [0.15, 0.2) is 88.9 Å². The van der Waals surface area contributed by atoms with Crippen LogP contribution in [-0.4, -0.2) is 39.1 Å². The van der Waals surface area contributed by atoms with Gasteiger partial charge >= 0.3 is 6.18 Å². The number of alkyl halides is 3. The van der Waals surface area contributed by atoms with Gasteiger partial charge in [-0.3, -0.25) is 9.69 Å². The average Bonchev–Trinajstić information content (AvgIpc) is 3.79. The summed E-state index contributed by atoms with van der Waals surface area (Å²) in [5, 5.41) is 23.8. The Labute approximate surface area is 301 Å². The topological polar surface area (TPSA) is 73.9 Å². The number of hydrogen-bond donors (Lipinski definition) is 2. The summed E-state index contributed by atoms with van der Waals surface area (Å²) < 4.78 is 46.6. The molecule has 3 aliphatic carbocycles. The lowest BCUT2D eigenvalue weighted by Gasteiger charge is -2.45. The number of aliphatic hydroxyl groups excluding tert-OH is 1. The van der Waals surface area contributed by atoms with E-state index >= 15 is 0 Å². The monoisotopic (exact) mass is 717 g/mol. The zero-order valence-corrected chi connectivity index (χ0v) is 29.7. The fourth-order valence-electron chi connectivity index (χ4n) is 8.71. The summed E-state index contributed by atoms with van der Waals surface area (Å²) in [5.74, 6) is -0.554. The van der Waals surface area contributed by atoms with Crippen molar-refractivity contribution >= 4 is 17.4 Å². The van der Waals surface area contributed by atoms with E-state index in [-0.39, 0.29) is 28.0 Å². The maximum absolute atomic E-state index is 14.5. The number of aliphatic hydroxyl groups is 2. The molecule has 9 heteroatoms. The van der Waals surface area contributed by atoms with E-state index in [1.54, 1.807) is 0 Å². The Morgan fingerprint density at radius 2 is 1.75 bits per heavy atom. The highest BCUT2D eigenvalue weighted by molar-refractivity contribution is 6.33. The van der Waals surface area contributed by atoms with E-state index in [0.29, 0.717) is 44.2 Å². The maximum Gasteiger partial charge on any atom is 0.416 e. The standard InChI is InChI=1S/C42H43ClF3NO4/c1-26-6-5-18-40(2)35(17-19-41(40,50)25-47-23-28-7-3-4-8-29(28)24-47)32-13-10-27(20-31(48)12-9-26)21-33(32)39(49)38-16-15-37(51-38)34-22-30(42(44,45)46)11-14-36(34)43/h3-4,6-8,10-11,13-16,21-22,31,35,48,50H,5,9,12,17-20,23-25H2,1-2H3/t31-,35-,40-,41+/m0/s1. The van der Waals surface area contributed by atoms with Crippen molar-refractivity contribution in [2.75, 3.05) is 6.54 Å². The van der Waals surface area contributed by atoms with Gasteiger partial charge in [-0.15, -0.1) is 0 Å². The molecule has 0 spiro atoms. The van der Waals surface area contributed by atoms with Gasteiger partial charge in [0.1, 0.15) is 5.76 Å². The van der Waals surface area contributed by atoms with Crippen LogP contribution in [0.1, 0.15) is 102 Å². The molecule has 51 heavy (non-hydrogen) atoms. The lowest BCUT2D eigenvalue weighted by Crippen LogP contribution is -2.51. The van der Waals surface area contributed by atoms with E-state index < -0.39 is 34.6 Å². The van der Waals surface area contributed by atoms with Crippen LogP contribution in [0.4, 0.5) is 13.2 Å². The first-order valence-electron chi connectivity index (χ1n) is 17.7. The lowest BCUT2D eigenvalue weighted by molar-refractivity contribution is -0.137. The van der Waals surface area contributed by atoms with E-state index in [4.69, 9.17) is 16.0 Å². The smallest absolute Gasteiger partial charge is 0.416 e. The molecule has 2 N–H and O–H groups in total. The van der Waals surface area contributed by atoms with E-state index in [9.17, 15) is 28.2 Å². The third kappa shape index (κ3) is 6.96. The number of allylic oxidation sites excluding steroid dienone is 2. The molecule has 1 aromatic heterocycles. The summed E-state index contributed by atoms with van der Waals surface area (Å²) >= 11 is 6.31. The average molecular weight is 718 g/mol. The van der Waals surface area contributed by atoms with E-state index in [1.807, 2.05) is 30.3 Å². The van der Waals surface area contributed by atoms with Crippen LogP contribution in [0.3, 0.4) is 0 Å². The predicted molar refractivity (Wildman–Crippen MR) is 192 cm³/mol. The molecular weight excluding hydrogens is 675 g/mol. The number of fused-ring (bicyclic) bond motifs is 9. The third-order valence-electron chi connectivity index (χ3n) is 11.7. The van der Waals surface area contributed by atoms with Crippen molar-refractivity contribution in [2.24, 2.45) is 5.41 Å². The molecule has 0 amide bonds. The second kappa shape index (κ2) is 13.7. The highest BCUT2D eigenvalue weighted by Gasteiger charge is 2.57. The largest absolute Gasteiger partial charge is 0.453 e. The first-order valence-corrected chi connectivity index (χ1v) is 18.1. The van der Waals surface area contributed by atoms with E-state index in [0.717, 1.165) is 49.2 Å². The molecule has 5 nitrogen and oxygen atoms in total. The molecule has 2 heterocycles. The number of furan rings is 1. The number of β-amino-alcohol motifs (C(OH)–C–C–N with tert-alkyl or cyclic N) is 1. The SMILES string of the molecule is CC1=CCC[C@@]2(C)[C@@H](CC[C@@]2(O)CN2Cc3ccccc3C2)c2ccc(cc2C(=O)c2ccc(-c3cc(C(F)(F)F)ccc3Cl)o2)C[C@@H](O)CC1. The molecule has 0 unspecified atom stereocenters. The van der Waals surface area contributed by atoms with Crippen LogP contribution < -0.4 is 0 Å². The Morgan fingerprint density at radius 3 is 2.47 bits per heavy atom. The minimum atomic E-state index is -4.58. The van der Waals surface area contributed by atoms with Crippen LogP contribution in [0.25, 0.3) is 11.3 Å². The van der Waals surface area contributed by atoms with Gasteiger partial charge in [0, 0.05) is 36.2 Å². The van der Waals surface area contributed by atoms with Crippen LogP contribution in [0.5, 0.6) is 0 Å². The number of benzene rings is 3. The van der Waals surface area contributed by atoms with Gasteiger partial charge in [0.15, 0.2) is 5.76 Å². The number of carbonyl (C=O) groups is 1. The fourth-order valence-corrected chi connectivity index (χ4v) is 8.92. The van der Waals surface area contributed by atoms with Gasteiger partial charge in [0.25, 0.3) is 0 Å². The maximum atomic E-state index is 14.5. The van der Waals surface area contributed by atoms with Gasteiger partial charge < -0.3 is 14.6 Å². The molecule has 4 aliphatic rings. The number of ketones is 1. The van der Waals surface area contributed by atoms with Gasteiger partial charge in [-0.1, -0.05) is 66.6 Å². The van der Waals surface area contributed by atoms with Crippen molar-refractivity contribution in [1.29, 1.82) is 0 Å². The summed E-state index contributed by atoms with van der Waals surface area (Å²) in [6, 6.07) is 20.1. The Hall–Kier alpha value is -3.69. The highest BCUT2D eigenvalue weighted by Crippen LogP contribution is 2.59. The molecule has 3 aromatic carbocycles. The molecule has 8 rings (SSSR count). The first-order chi connectivity index (χ1) is 24.2. The van der Waals surface area contributed by atoms with Gasteiger partial charge in [-0.25, -0.2) is 0 Å². The fraction of sp³-hybridized carbons (Fsp3) is 0.405. The molecule has 0 saturated heterocycles. The van der Waals surface area contributed by atoms with Gasteiger partial charge in [0.2, 0.25) is 5.78 Å². The normalized spacial score (nSPS) is 25.7. The molecule has 1 fully saturated rings. The molecule has 0 radical (unpaired) electrons. The Bertz CT molecular complexity index is 1960. The van der Waals surface area contributed by atoms with Crippen LogP contribution >= 0.6 is 11.6 Å². The predicted octanol–water partition coefficient (Wildman–Crippen LogP) is 9.90. The lowest BCUT2D eigenvalue weighted by atomic mass is 9.64. The minimum absolute atomic E-state index is 0.0260. The second-order valence-electron chi connectivity index (χ2n) is 15.0. The second-order valence-corrected chi connectivity index (χ2v) is 15.5. The van der Waals surface area contributed by atoms with Crippen molar-refractivity contribution < 1.29 is 32.6 Å². The number of halogens is 4. The number of rotatable bonds is 5. The molecular formula is C42H43ClF3NO4. The van der Waals surface area contributed by atoms with Crippen molar-refractivity contribution in [3.8, 4) is 11.3 Å². The number of nitrogens with zero attached hydrogens (tertiary/aromatic N) is 1. The van der Waals surface area contributed by atoms with Crippen molar-refractivity contribution in [2.45, 2.75) is 95.7 Å². The molecule has 4 atom stereocenters. The minimum Gasteiger partial charge on any atom is -0.453 e. The van der Waals surface area contributed by atoms with Crippen molar-refractivity contribution in [3.05, 3.63) is 129 Å². The van der Waals surface area contributed by atoms with Crippen LogP contribution in [-0.2, 0) is 25.7 Å². The molecule has 4 aromatic rings. The Morgan fingerprint density at radius 1 is 1.00 bits per heavy atom. The molecule has 1 saturated carbocycles. The van der Waals surface area contributed by atoms with Gasteiger partial charge in [-0.2, -0.15) is 13.2 Å². The van der Waals surface area contributed by atoms with Crippen molar-refractivity contribution in [1.82, 2.24) is 4.90 Å². The van der Waals surface area contributed by atoms with Gasteiger partial charge in [0.05, 0.1) is 22.3 Å². The van der Waals surface area contributed by atoms with E-state index in [1.165, 1.54) is 34.9 Å². The Balaban J connectivity index is 1.27. The summed E-state index contributed by atoms with van der Waals surface area (Å²) in [7, 11) is 0. The third-order valence-corrected chi connectivity index (χ3v) is 12.0. The van der Waals surface area contributed by atoms with Crippen molar-refractivity contribution in [3.63, 3.8) is 0 Å². The summed E-state index contributed by atoms with van der Waals surface area (Å²) in [6.07, 6.45) is 1.41. The highest BCUT2D eigenvalue weighted by atomic mass is 35.5. The molecule has 1 aliphatic heterocycles. The Kier molecular flexibility index (Phi) is 9.59. The molecule has 268 valence electrons.